The van der Waals surface area contributed by atoms with Gasteiger partial charge >= 0.3 is 0 Å². The van der Waals surface area contributed by atoms with Gasteiger partial charge in [-0.25, -0.2) is 12.7 Å². The number of anilines is 1. The molecule has 1 aromatic rings. The summed E-state index contributed by atoms with van der Waals surface area (Å²) in [6.07, 6.45) is 3.91. The van der Waals surface area contributed by atoms with Crippen LogP contribution in [0.3, 0.4) is 0 Å². The van der Waals surface area contributed by atoms with Crippen molar-refractivity contribution in [3.63, 3.8) is 0 Å². The predicted octanol–water partition coefficient (Wildman–Crippen LogP) is 2.06. The van der Waals surface area contributed by atoms with Crippen LogP contribution in [0.25, 0.3) is 0 Å². The molecule has 0 aromatic carbocycles. The number of hydrogen-bond donors (Lipinski definition) is 0. The quantitative estimate of drug-likeness (QED) is 0.846. The Kier molecular flexibility index (Phi) is 3.36. The fraction of sp³-hybridized carbons (Fsp3) is 0.667. The number of carbonyl (C=O) groups excluding carboxylic acids is 1. The van der Waals surface area contributed by atoms with Crippen molar-refractivity contribution in [3.8, 4) is 0 Å². The first kappa shape index (κ1) is 14.7. The lowest BCUT2D eigenvalue weighted by atomic mass is 9.79. The first-order valence-electron chi connectivity index (χ1n) is 7.86. The maximum absolute atomic E-state index is 12.9. The molecule has 1 aliphatic carbocycles. The summed E-state index contributed by atoms with van der Waals surface area (Å²) in [6, 6.07) is 1.96. The molecule has 22 heavy (non-hydrogen) atoms. The first-order chi connectivity index (χ1) is 10.5. The highest BCUT2D eigenvalue weighted by atomic mass is 32.2. The second kappa shape index (κ2) is 5.04. The molecule has 0 N–H and O–H groups in total. The third kappa shape index (κ3) is 2.21. The summed E-state index contributed by atoms with van der Waals surface area (Å²) >= 11 is 1.58. The molecule has 1 atom stereocenters. The van der Waals surface area contributed by atoms with Crippen LogP contribution in [0.1, 0.15) is 32.1 Å². The highest BCUT2D eigenvalue weighted by molar-refractivity contribution is 7.90. The fourth-order valence-corrected chi connectivity index (χ4v) is 6.35. The molecule has 1 amide bonds. The van der Waals surface area contributed by atoms with E-state index in [9.17, 15) is 13.2 Å². The zero-order valence-electron chi connectivity index (χ0n) is 12.4. The molecule has 0 unspecified atom stereocenters. The number of thiophene rings is 1. The average molecular weight is 340 g/mol. The molecule has 4 rings (SSSR count). The van der Waals surface area contributed by atoms with E-state index in [2.05, 4.69) is 0 Å². The highest BCUT2D eigenvalue weighted by Gasteiger charge is 2.52. The van der Waals surface area contributed by atoms with Crippen molar-refractivity contribution in [2.45, 2.75) is 37.4 Å². The Morgan fingerprint density at radius 3 is 2.73 bits per heavy atom. The van der Waals surface area contributed by atoms with Crippen LogP contribution >= 0.6 is 11.3 Å². The van der Waals surface area contributed by atoms with Crippen molar-refractivity contribution >= 4 is 33.0 Å². The summed E-state index contributed by atoms with van der Waals surface area (Å²) in [5.41, 5.74) is 0.455. The molecule has 2 saturated heterocycles. The molecule has 7 heteroatoms. The van der Waals surface area contributed by atoms with E-state index in [1.807, 2.05) is 21.7 Å². The number of carbonyl (C=O) groups is 1. The summed E-state index contributed by atoms with van der Waals surface area (Å²) in [5.74, 6) is 0.113. The zero-order valence-corrected chi connectivity index (χ0v) is 14.0. The van der Waals surface area contributed by atoms with Crippen molar-refractivity contribution < 1.29 is 13.2 Å². The van der Waals surface area contributed by atoms with Gasteiger partial charge in [-0.15, -0.1) is 0 Å². The van der Waals surface area contributed by atoms with E-state index in [-0.39, 0.29) is 11.2 Å². The van der Waals surface area contributed by atoms with E-state index < -0.39 is 15.4 Å². The largest absolute Gasteiger partial charge is 0.311 e. The van der Waals surface area contributed by atoms with Crippen LogP contribution in [0.4, 0.5) is 5.69 Å². The Morgan fingerprint density at radius 2 is 2.05 bits per heavy atom. The van der Waals surface area contributed by atoms with E-state index in [1.54, 1.807) is 15.6 Å². The van der Waals surface area contributed by atoms with Crippen LogP contribution in [0.15, 0.2) is 16.8 Å². The van der Waals surface area contributed by atoms with Gasteiger partial charge in [-0.05, 0) is 43.6 Å². The summed E-state index contributed by atoms with van der Waals surface area (Å²) < 4.78 is 26.6. The van der Waals surface area contributed by atoms with Crippen LogP contribution in [-0.4, -0.2) is 43.5 Å². The van der Waals surface area contributed by atoms with E-state index in [0.717, 1.165) is 37.8 Å². The van der Waals surface area contributed by atoms with Gasteiger partial charge in [0.2, 0.25) is 15.9 Å². The second-order valence-corrected chi connectivity index (χ2v) is 9.64. The SMILES string of the molecule is O=C1N(c2ccsc2)CC[C@@]12CCCN(S(=O)(=O)C1CC1)C2. The number of sulfonamides is 1. The lowest BCUT2D eigenvalue weighted by Gasteiger charge is -2.38. The van der Waals surface area contributed by atoms with Gasteiger partial charge < -0.3 is 4.90 Å². The van der Waals surface area contributed by atoms with Gasteiger partial charge in [-0.2, -0.15) is 11.3 Å². The van der Waals surface area contributed by atoms with Gasteiger partial charge in [-0.1, -0.05) is 0 Å². The Bertz CT molecular complexity index is 682. The summed E-state index contributed by atoms with van der Waals surface area (Å²) in [4.78, 5) is 14.8. The van der Waals surface area contributed by atoms with Crippen molar-refractivity contribution in [3.05, 3.63) is 16.8 Å². The van der Waals surface area contributed by atoms with Crippen LogP contribution in [0.2, 0.25) is 0 Å². The number of amides is 1. The van der Waals surface area contributed by atoms with E-state index in [4.69, 9.17) is 0 Å². The molecule has 0 bridgehead atoms. The maximum atomic E-state index is 12.9. The van der Waals surface area contributed by atoms with Gasteiger partial charge in [0.25, 0.3) is 0 Å². The van der Waals surface area contributed by atoms with Crippen molar-refractivity contribution in [1.29, 1.82) is 0 Å². The lowest BCUT2D eigenvalue weighted by molar-refractivity contribution is -0.127. The smallest absolute Gasteiger partial charge is 0.234 e. The molecule has 2 aliphatic heterocycles. The standard InChI is InChI=1S/C15H20N2O3S2/c18-14-15(6-8-17(14)12-4-9-21-10-12)5-1-7-16(11-15)22(19,20)13-2-3-13/h4,9-10,13H,1-3,5-8,11H2/t15-/m1/s1. The lowest BCUT2D eigenvalue weighted by Crippen LogP contribution is -2.50. The second-order valence-electron chi connectivity index (χ2n) is 6.65. The maximum Gasteiger partial charge on any atom is 0.234 e. The fourth-order valence-electron chi connectivity index (χ4n) is 3.74. The third-order valence-electron chi connectivity index (χ3n) is 5.18. The molecule has 5 nitrogen and oxygen atoms in total. The zero-order chi connectivity index (χ0) is 15.4. The van der Waals surface area contributed by atoms with Crippen LogP contribution in [0.5, 0.6) is 0 Å². The molecule has 0 radical (unpaired) electrons. The van der Waals surface area contributed by atoms with Crippen LogP contribution in [-0.2, 0) is 14.8 Å². The molecule has 3 aliphatic rings. The number of hydrogen-bond acceptors (Lipinski definition) is 4. The van der Waals surface area contributed by atoms with Crippen molar-refractivity contribution in [2.75, 3.05) is 24.5 Å². The van der Waals surface area contributed by atoms with Crippen LogP contribution < -0.4 is 4.90 Å². The van der Waals surface area contributed by atoms with E-state index in [0.29, 0.717) is 19.6 Å². The minimum Gasteiger partial charge on any atom is -0.311 e. The minimum absolute atomic E-state index is 0.113. The van der Waals surface area contributed by atoms with Crippen molar-refractivity contribution in [2.24, 2.45) is 5.41 Å². The molecular formula is C15H20N2O3S2. The first-order valence-corrected chi connectivity index (χ1v) is 10.3. The summed E-state index contributed by atoms with van der Waals surface area (Å²) in [7, 11) is -3.18. The molecule has 1 spiro atoms. The van der Waals surface area contributed by atoms with Crippen LogP contribution in [0, 0.1) is 5.41 Å². The Labute approximate surface area is 135 Å². The minimum atomic E-state index is -3.18. The predicted molar refractivity (Wildman–Crippen MR) is 86.5 cm³/mol. The van der Waals surface area contributed by atoms with Gasteiger partial charge in [0, 0.05) is 25.0 Å². The highest BCUT2D eigenvalue weighted by Crippen LogP contribution is 2.44. The van der Waals surface area contributed by atoms with Gasteiger partial charge in [0.05, 0.1) is 16.4 Å². The average Bonchev–Trinajstić information content (AvgIpc) is 3.17. The molecular weight excluding hydrogens is 320 g/mol. The summed E-state index contributed by atoms with van der Waals surface area (Å²) in [5, 5.41) is 3.77. The topological polar surface area (TPSA) is 57.7 Å². The van der Waals surface area contributed by atoms with E-state index >= 15 is 0 Å². The van der Waals surface area contributed by atoms with Gasteiger partial charge in [0.1, 0.15) is 0 Å². The summed E-state index contributed by atoms with van der Waals surface area (Å²) in [6.45, 7) is 1.66. The number of piperidine rings is 1. The number of rotatable bonds is 3. The molecule has 120 valence electrons. The van der Waals surface area contributed by atoms with Gasteiger partial charge in [-0.3, -0.25) is 4.79 Å². The Morgan fingerprint density at radius 1 is 1.23 bits per heavy atom. The van der Waals surface area contributed by atoms with Crippen molar-refractivity contribution in [1.82, 2.24) is 4.31 Å². The normalized spacial score (nSPS) is 30.4. The Hall–Kier alpha value is -0.920. The third-order valence-corrected chi connectivity index (χ3v) is 8.19. The molecule has 1 aromatic heterocycles. The monoisotopic (exact) mass is 340 g/mol. The molecule has 3 fully saturated rings. The Balaban J connectivity index is 1.58. The number of nitrogens with zero attached hydrogens (tertiary/aromatic N) is 2. The molecule has 3 heterocycles. The molecule has 1 saturated carbocycles. The van der Waals surface area contributed by atoms with Gasteiger partial charge in [0.15, 0.2) is 0 Å². The van der Waals surface area contributed by atoms with E-state index in [1.165, 1.54) is 0 Å².